The normalized spacial score (nSPS) is 11.0. The first-order valence-electron chi connectivity index (χ1n) is 7.11. The van der Waals surface area contributed by atoms with Gasteiger partial charge in [-0.1, -0.05) is 11.6 Å². The lowest BCUT2D eigenvalue weighted by atomic mass is 10.1. The first kappa shape index (κ1) is 19.3. The molecule has 0 unspecified atom stereocenters. The summed E-state index contributed by atoms with van der Waals surface area (Å²) in [7, 11) is 1.20. The van der Waals surface area contributed by atoms with Crippen LogP contribution in [-0.4, -0.2) is 24.4 Å². The largest absolute Gasteiger partial charge is 0.493 e. The summed E-state index contributed by atoms with van der Waals surface area (Å²) in [5.41, 5.74) is -0.185. The second kappa shape index (κ2) is 8.39. The second-order valence-electron chi connectivity index (χ2n) is 4.90. The molecule has 9 heteroatoms. The van der Waals surface area contributed by atoms with Gasteiger partial charge in [-0.2, -0.15) is 8.78 Å². The molecule has 0 bridgehead atoms. The molecule has 0 radical (unpaired) electrons. The second-order valence-corrected chi connectivity index (χ2v) is 5.34. The van der Waals surface area contributed by atoms with Crippen molar-refractivity contribution in [2.75, 3.05) is 7.11 Å². The molecule has 0 spiro atoms. The minimum absolute atomic E-state index is 0.00391. The zero-order chi connectivity index (χ0) is 19.3. The van der Waals surface area contributed by atoms with E-state index in [1.54, 1.807) is 0 Å². The maximum absolute atomic E-state index is 12.4. The predicted molar refractivity (Wildman–Crippen MR) is 91.1 cm³/mol. The van der Waals surface area contributed by atoms with Crippen LogP contribution in [0.1, 0.15) is 15.9 Å². The molecule has 0 aliphatic carbocycles. The van der Waals surface area contributed by atoms with Gasteiger partial charge in [-0.05, 0) is 42.5 Å². The van der Waals surface area contributed by atoms with Crippen LogP contribution in [0.15, 0.2) is 42.5 Å². The maximum Gasteiger partial charge on any atom is 0.387 e. The van der Waals surface area contributed by atoms with Crippen LogP contribution in [0.3, 0.4) is 0 Å². The summed E-state index contributed by atoms with van der Waals surface area (Å²) >= 11 is 5.75. The van der Waals surface area contributed by atoms with Crippen molar-refractivity contribution < 1.29 is 28.0 Å². The van der Waals surface area contributed by atoms with Crippen LogP contribution in [0.25, 0.3) is 6.08 Å². The molecular weight excluding hydrogens is 372 g/mol. The van der Waals surface area contributed by atoms with E-state index < -0.39 is 28.8 Å². The number of allylic oxidation sites excluding steroid dienone is 1. The number of halogens is 3. The highest BCUT2D eigenvalue weighted by Crippen LogP contribution is 2.36. The van der Waals surface area contributed by atoms with E-state index in [-0.39, 0.29) is 11.3 Å². The minimum atomic E-state index is -3.17. The molecule has 6 nitrogen and oxygen atoms in total. The average Bonchev–Trinajstić information content (AvgIpc) is 2.59. The summed E-state index contributed by atoms with van der Waals surface area (Å²) in [6.45, 7) is -3.17. The van der Waals surface area contributed by atoms with Crippen molar-refractivity contribution in [3.63, 3.8) is 0 Å². The number of alkyl halides is 2. The number of carbonyl (C=O) groups excluding carboxylic acids is 1. The van der Waals surface area contributed by atoms with Crippen molar-refractivity contribution in [3.8, 4) is 11.5 Å². The van der Waals surface area contributed by atoms with Crippen LogP contribution in [0.5, 0.6) is 11.5 Å². The van der Waals surface area contributed by atoms with Crippen LogP contribution in [0.2, 0.25) is 5.02 Å². The molecule has 0 heterocycles. The van der Waals surface area contributed by atoms with E-state index in [9.17, 15) is 23.7 Å². The van der Waals surface area contributed by atoms with Crippen LogP contribution in [-0.2, 0) is 0 Å². The minimum Gasteiger partial charge on any atom is -0.493 e. The van der Waals surface area contributed by atoms with Crippen LogP contribution >= 0.6 is 11.6 Å². The topological polar surface area (TPSA) is 78.7 Å². The number of carbonyl (C=O) groups is 1. The van der Waals surface area contributed by atoms with Gasteiger partial charge in [0.05, 0.1) is 23.7 Å². The van der Waals surface area contributed by atoms with Crippen molar-refractivity contribution >= 4 is 29.1 Å². The molecule has 0 saturated carbocycles. The number of nitro benzene ring substituents is 1. The highest BCUT2D eigenvalue weighted by molar-refractivity contribution is 6.30. The van der Waals surface area contributed by atoms with Crippen molar-refractivity contribution in [2.24, 2.45) is 0 Å². The summed E-state index contributed by atoms with van der Waals surface area (Å²) in [5.74, 6) is -1.02. The Bertz CT molecular complexity index is 853. The standard InChI is InChI=1S/C17H12ClF2NO5/c1-25-15-8-11(13(21(23)24)9-16(15)26-17(19)20)4-7-14(22)10-2-5-12(18)6-3-10/h2-9,17H,1H3/b7-4+. The molecule has 0 atom stereocenters. The van der Waals surface area contributed by atoms with E-state index in [1.165, 1.54) is 37.5 Å². The Hall–Kier alpha value is -3.00. The summed E-state index contributed by atoms with van der Waals surface area (Å²) in [6, 6.07) is 8.03. The fraction of sp³-hybridized carbons (Fsp3) is 0.118. The fourth-order valence-electron chi connectivity index (χ4n) is 2.08. The molecule has 0 aromatic heterocycles. The number of hydrogen-bond acceptors (Lipinski definition) is 5. The van der Waals surface area contributed by atoms with Crippen LogP contribution in [0, 0.1) is 10.1 Å². The Kier molecular flexibility index (Phi) is 6.24. The van der Waals surface area contributed by atoms with Gasteiger partial charge in [-0.3, -0.25) is 14.9 Å². The molecule has 0 saturated heterocycles. The van der Waals surface area contributed by atoms with E-state index in [1.807, 2.05) is 0 Å². The quantitative estimate of drug-likeness (QED) is 0.298. The van der Waals surface area contributed by atoms with E-state index in [2.05, 4.69) is 4.74 Å². The Labute approximate surface area is 151 Å². The van der Waals surface area contributed by atoms with E-state index in [0.29, 0.717) is 10.6 Å². The number of benzene rings is 2. The number of rotatable bonds is 7. The molecule has 0 aliphatic heterocycles. The highest BCUT2D eigenvalue weighted by Gasteiger charge is 2.20. The number of nitro groups is 1. The van der Waals surface area contributed by atoms with Gasteiger partial charge in [0.25, 0.3) is 5.69 Å². The molecule has 0 N–H and O–H groups in total. The highest BCUT2D eigenvalue weighted by atomic mass is 35.5. The summed E-state index contributed by atoms with van der Waals surface area (Å²) < 4.78 is 34.0. The molecule has 0 amide bonds. The molecule has 136 valence electrons. The Balaban J connectivity index is 2.39. The SMILES string of the molecule is COc1cc(/C=C/C(=O)c2ccc(Cl)cc2)c([N+](=O)[O-])cc1OC(F)F. The van der Waals surface area contributed by atoms with Crippen molar-refractivity contribution in [3.05, 3.63) is 68.7 Å². The third kappa shape index (κ3) is 4.76. The van der Waals surface area contributed by atoms with E-state index in [0.717, 1.165) is 18.2 Å². The number of nitrogens with zero attached hydrogens (tertiary/aromatic N) is 1. The summed E-state index contributed by atoms with van der Waals surface area (Å²) in [5, 5.41) is 11.7. The molecule has 0 fully saturated rings. The average molecular weight is 384 g/mol. The first-order chi connectivity index (χ1) is 12.3. The lowest BCUT2D eigenvalue weighted by molar-refractivity contribution is -0.385. The van der Waals surface area contributed by atoms with Crippen LogP contribution in [0.4, 0.5) is 14.5 Å². The molecule has 0 aliphatic rings. The lowest BCUT2D eigenvalue weighted by Crippen LogP contribution is -2.05. The summed E-state index contributed by atoms with van der Waals surface area (Å²) in [6.07, 6.45) is 2.32. The predicted octanol–water partition coefficient (Wildman–Crippen LogP) is 4.75. The van der Waals surface area contributed by atoms with E-state index in [4.69, 9.17) is 16.3 Å². The number of ether oxygens (including phenoxy) is 2. The lowest BCUT2D eigenvalue weighted by Gasteiger charge is -2.10. The van der Waals surface area contributed by atoms with Gasteiger partial charge in [0.1, 0.15) is 0 Å². The smallest absolute Gasteiger partial charge is 0.387 e. The fourth-order valence-corrected chi connectivity index (χ4v) is 2.21. The number of hydrogen-bond donors (Lipinski definition) is 0. The monoisotopic (exact) mass is 383 g/mol. The van der Waals surface area contributed by atoms with Gasteiger partial charge in [-0.15, -0.1) is 0 Å². The first-order valence-corrected chi connectivity index (χ1v) is 7.49. The zero-order valence-corrected chi connectivity index (χ0v) is 14.1. The third-order valence-electron chi connectivity index (χ3n) is 3.27. The van der Waals surface area contributed by atoms with Gasteiger partial charge in [0.15, 0.2) is 17.3 Å². The molecular formula is C17H12ClF2NO5. The van der Waals surface area contributed by atoms with E-state index >= 15 is 0 Å². The summed E-state index contributed by atoms with van der Waals surface area (Å²) in [4.78, 5) is 22.5. The van der Waals surface area contributed by atoms with Crippen molar-refractivity contribution in [1.29, 1.82) is 0 Å². The van der Waals surface area contributed by atoms with Crippen LogP contribution < -0.4 is 9.47 Å². The van der Waals surface area contributed by atoms with Crippen molar-refractivity contribution in [2.45, 2.75) is 6.61 Å². The number of ketones is 1. The molecule has 2 aromatic carbocycles. The Morgan fingerprint density at radius 3 is 2.42 bits per heavy atom. The Morgan fingerprint density at radius 1 is 1.23 bits per heavy atom. The Morgan fingerprint density at radius 2 is 1.88 bits per heavy atom. The maximum atomic E-state index is 12.4. The van der Waals surface area contributed by atoms with Gasteiger partial charge in [-0.25, -0.2) is 0 Å². The third-order valence-corrected chi connectivity index (χ3v) is 3.52. The van der Waals surface area contributed by atoms with Crippen molar-refractivity contribution in [1.82, 2.24) is 0 Å². The zero-order valence-electron chi connectivity index (χ0n) is 13.3. The van der Waals surface area contributed by atoms with Gasteiger partial charge >= 0.3 is 6.61 Å². The molecule has 2 rings (SSSR count). The molecule has 2 aromatic rings. The number of methoxy groups -OCH3 is 1. The van der Waals surface area contributed by atoms with Gasteiger partial charge in [0, 0.05) is 10.6 Å². The van der Waals surface area contributed by atoms with Gasteiger partial charge < -0.3 is 9.47 Å². The molecule has 26 heavy (non-hydrogen) atoms. The van der Waals surface area contributed by atoms with Gasteiger partial charge in [0.2, 0.25) is 0 Å².